The van der Waals surface area contributed by atoms with Crippen LogP contribution in [0.4, 0.5) is 14.6 Å². The van der Waals surface area contributed by atoms with E-state index in [-0.39, 0.29) is 17.3 Å². The first-order chi connectivity index (χ1) is 13.6. The number of halogens is 2. The SMILES string of the molecule is CSc1ccccc1-c1cnc(N)c(-c2nnnn2-c2cccc(F)c2F)c1. The first-order valence-electron chi connectivity index (χ1n) is 8.22. The van der Waals surface area contributed by atoms with Crippen molar-refractivity contribution in [3.63, 3.8) is 0 Å². The number of nitrogens with two attached hydrogens (primary N) is 1. The number of pyridine rings is 1. The molecule has 2 aromatic carbocycles. The molecule has 0 bridgehead atoms. The fourth-order valence-corrected chi connectivity index (χ4v) is 3.48. The van der Waals surface area contributed by atoms with Crippen molar-refractivity contribution < 1.29 is 8.78 Å². The average molecular weight is 396 g/mol. The van der Waals surface area contributed by atoms with E-state index in [0.29, 0.717) is 5.56 Å². The summed E-state index contributed by atoms with van der Waals surface area (Å²) in [4.78, 5) is 5.32. The summed E-state index contributed by atoms with van der Waals surface area (Å²) in [6, 6.07) is 13.4. The molecular weight excluding hydrogens is 382 g/mol. The van der Waals surface area contributed by atoms with E-state index >= 15 is 0 Å². The number of benzene rings is 2. The molecule has 4 rings (SSSR count). The second-order valence-corrected chi connectivity index (χ2v) is 6.69. The van der Waals surface area contributed by atoms with E-state index in [0.717, 1.165) is 26.8 Å². The van der Waals surface area contributed by atoms with E-state index in [1.165, 1.54) is 12.1 Å². The van der Waals surface area contributed by atoms with E-state index < -0.39 is 11.6 Å². The minimum atomic E-state index is -1.05. The molecule has 0 saturated carbocycles. The van der Waals surface area contributed by atoms with Gasteiger partial charge in [-0.1, -0.05) is 24.3 Å². The molecule has 0 fully saturated rings. The molecule has 0 spiro atoms. The van der Waals surface area contributed by atoms with Crippen LogP contribution in [0.15, 0.2) is 59.6 Å². The molecule has 0 atom stereocenters. The highest BCUT2D eigenvalue weighted by atomic mass is 32.2. The lowest BCUT2D eigenvalue weighted by Gasteiger charge is -2.11. The van der Waals surface area contributed by atoms with Gasteiger partial charge < -0.3 is 5.73 Å². The number of nitrogen functional groups attached to an aromatic ring is 1. The molecule has 28 heavy (non-hydrogen) atoms. The van der Waals surface area contributed by atoms with Crippen molar-refractivity contribution in [1.82, 2.24) is 25.2 Å². The van der Waals surface area contributed by atoms with E-state index in [1.807, 2.05) is 30.5 Å². The van der Waals surface area contributed by atoms with Gasteiger partial charge in [-0.2, -0.15) is 4.68 Å². The lowest BCUT2D eigenvalue weighted by atomic mass is 10.1. The molecule has 0 aliphatic rings. The topological polar surface area (TPSA) is 82.5 Å². The summed E-state index contributed by atoms with van der Waals surface area (Å²) in [6.45, 7) is 0. The van der Waals surface area contributed by atoms with Gasteiger partial charge in [-0.15, -0.1) is 16.9 Å². The van der Waals surface area contributed by atoms with Crippen molar-refractivity contribution >= 4 is 17.6 Å². The van der Waals surface area contributed by atoms with Crippen LogP contribution >= 0.6 is 11.8 Å². The van der Waals surface area contributed by atoms with Gasteiger partial charge in [-0.25, -0.2) is 13.8 Å². The number of anilines is 1. The third-order valence-electron chi connectivity index (χ3n) is 4.21. The predicted molar refractivity (Wildman–Crippen MR) is 104 cm³/mol. The molecule has 4 aromatic rings. The molecule has 6 nitrogen and oxygen atoms in total. The van der Waals surface area contributed by atoms with E-state index in [9.17, 15) is 8.78 Å². The summed E-state index contributed by atoms with van der Waals surface area (Å²) >= 11 is 1.61. The Morgan fingerprint density at radius 1 is 1.04 bits per heavy atom. The van der Waals surface area contributed by atoms with Crippen LogP contribution in [-0.4, -0.2) is 31.4 Å². The smallest absolute Gasteiger partial charge is 0.190 e. The van der Waals surface area contributed by atoms with Crippen LogP contribution in [0.1, 0.15) is 0 Å². The van der Waals surface area contributed by atoms with Crippen LogP contribution in [0.25, 0.3) is 28.2 Å². The number of thioether (sulfide) groups is 1. The first kappa shape index (κ1) is 18.1. The Labute approximate surface area is 163 Å². The lowest BCUT2D eigenvalue weighted by Crippen LogP contribution is -2.06. The Morgan fingerprint density at radius 2 is 1.86 bits per heavy atom. The van der Waals surface area contributed by atoms with Crippen LogP contribution in [0, 0.1) is 11.6 Å². The zero-order chi connectivity index (χ0) is 19.7. The van der Waals surface area contributed by atoms with Gasteiger partial charge >= 0.3 is 0 Å². The lowest BCUT2D eigenvalue weighted by molar-refractivity contribution is 0.501. The minimum Gasteiger partial charge on any atom is -0.383 e. The molecule has 2 heterocycles. The highest BCUT2D eigenvalue weighted by Gasteiger charge is 2.19. The average Bonchev–Trinajstić information content (AvgIpc) is 3.20. The van der Waals surface area contributed by atoms with Gasteiger partial charge in [0.15, 0.2) is 17.5 Å². The maximum atomic E-state index is 14.3. The highest BCUT2D eigenvalue weighted by molar-refractivity contribution is 7.98. The monoisotopic (exact) mass is 396 g/mol. The Morgan fingerprint density at radius 3 is 2.68 bits per heavy atom. The summed E-state index contributed by atoms with van der Waals surface area (Å²) in [5.41, 5.74) is 8.13. The van der Waals surface area contributed by atoms with Gasteiger partial charge in [-0.3, -0.25) is 0 Å². The van der Waals surface area contributed by atoms with Gasteiger partial charge in [-0.05, 0) is 46.5 Å². The molecule has 9 heteroatoms. The molecule has 0 saturated heterocycles. The zero-order valence-electron chi connectivity index (χ0n) is 14.7. The van der Waals surface area contributed by atoms with Crippen molar-refractivity contribution in [1.29, 1.82) is 0 Å². The Bertz CT molecular complexity index is 1160. The van der Waals surface area contributed by atoms with Crippen molar-refractivity contribution in [3.8, 4) is 28.2 Å². The molecule has 0 aliphatic heterocycles. The van der Waals surface area contributed by atoms with Gasteiger partial charge in [0.05, 0.1) is 5.56 Å². The molecule has 0 aliphatic carbocycles. The minimum absolute atomic E-state index is 0.116. The fourth-order valence-electron chi connectivity index (χ4n) is 2.86. The molecule has 2 aromatic heterocycles. The van der Waals surface area contributed by atoms with Gasteiger partial charge in [0.1, 0.15) is 11.5 Å². The summed E-state index contributed by atoms with van der Waals surface area (Å²) in [5, 5.41) is 11.4. The van der Waals surface area contributed by atoms with E-state index in [4.69, 9.17) is 5.73 Å². The van der Waals surface area contributed by atoms with Gasteiger partial charge in [0.2, 0.25) is 0 Å². The van der Waals surface area contributed by atoms with Gasteiger partial charge in [0.25, 0.3) is 0 Å². The summed E-state index contributed by atoms with van der Waals surface area (Å²) in [6.07, 6.45) is 3.64. The number of nitrogens with zero attached hydrogens (tertiary/aromatic N) is 5. The molecule has 140 valence electrons. The van der Waals surface area contributed by atoms with Crippen LogP contribution in [-0.2, 0) is 0 Å². The first-order valence-corrected chi connectivity index (χ1v) is 9.44. The van der Waals surface area contributed by atoms with Crippen molar-refractivity contribution in [2.75, 3.05) is 12.0 Å². The third kappa shape index (κ3) is 3.09. The molecule has 0 unspecified atom stereocenters. The standard InChI is InChI=1S/C19H14F2N6S/c1-28-16-8-3-2-5-12(16)11-9-13(18(22)23-10-11)19-24-25-26-27(19)15-7-4-6-14(20)17(15)21/h2-10H,1H3,(H2,22,23). The van der Waals surface area contributed by atoms with Crippen LogP contribution in [0.2, 0.25) is 0 Å². The maximum absolute atomic E-state index is 14.3. The van der Waals surface area contributed by atoms with Crippen molar-refractivity contribution in [2.45, 2.75) is 4.90 Å². The largest absolute Gasteiger partial charge is 0.383 e. The van der Waals surface area contributed by atoms with Crippen molar-refractivity contribution in [3.05, 3.63) is 66.4 Å². The number of rotatable bonds is 4. The Kier molecular flexibility index (Phi) is 4.74. The summed E-state index contributed by atoms with van der Waals surface area (Å²) in [7, 11) is 0. The van der Waals surface area contributed by atoms with Crippen LogP contribution < -0.4 is 5.73 Å². The predicted octanol–water partition coefficient (Wildman–Crippen LogP) is 3.97. The fraction of sp³-hybridized carbons (Fsp3) is 0.0526. The Balaban J connectivity index is 1.88. The number of tetrazole rings is 1. The number of aromatic nitrogens is 5. The van der Waals surface area contributed by atoms with Crippen molar-refractivity contribution in [2.24, 2.45) is 0 Å². The maximum Gasteiger partial charge on any atom is 0.190 e. The van der Waals surface area contributed by atoms with Crippen LogP contribution in [0.3, 0.4) is 0 Å². The third-order valence-corrected chi connectivity index (χ3v) is 5.00. The summed E-state index contributed by atoms with van der Waals surface area (Å²) < 4.78 is 29.0. The molecule has 0 radical (unpaired) electrons. The quantitative estimate of drug-likeness (QED) is 0.526. The molecule has 0 amide bonds. The molecular formula is C19H14F2N6S. The van der Waals surface area contributed by atoms with E-state index in [2.05, 4.69) is 20.5 Å². The Hall–Kier alpha value is -3.33. The second kappa shape index (κ2) is 7.35. The normalized spacial score (nSPS) is 11.0. The number of hydrogen-bond donors (Lipinski definition) is 1. The zero-order valence-corrected chi connectivity index (χ0v) is 15.5. The van der Waals surface area contributed by atoms with Gasteiger partial charge in [0, 0.05) is 16.7 Å². The van der Waals surface area contributed by atoms with E-state index in [1.54, 1.807) is 24.0 Å². The highest BCUT2D eigenvalue weighted by Crippen LogP contribution is 2.34. The summed E-state index contributed by atoms with van der Waals surface area (Å²) in [5.74, 6) is -1.70. The second-order valence-electron chi connectivity index (χ2n) is 5.84. The van der Waals surface area contributed by atoms with Crippen LogP contribution in [0.5, 0.6) is 0 Å². The molecule has 2 N–H and O–H groups in total. The number of hydrogen-bond acceptors (Lipinski definition) is 6.